The highest BCUT2D eigenvalue weighted by atomic mass is 79.9. The maximum absolute atomic E-state index is 11.2. The van der Waals surface area contributed by atoms with Gasteiger partial charge in [-0.05, 0) is 40.2 Å². The van der Waals surface area contributed by atoms with Crippen molar-refractivity contribution in [2.45, 2.75) is 9.92 Å². The van der Waals surface area contributed by atoms with E-state index in [0.29, 0.717) is 5.56 Å². The number of nitrogens with zero attached hydrogens (tertiary/aromatic N) is 1. The van der Waals surface area contributed by atoms with Gasteiger partial charge in [0.15, 0.2) is 0 Å². The second-order valence-electron chi connectivity index (χ2n) is 3.28. The van der Waals surface area contributed by atoms with Gasteiger partial charge in [0.1, 0.15) is 5.03 Å². The number of hydrogen-bond donors (Lipinski definition) is 1. The molecule has 1 heterocycles. The molecule has 0 aliphatic heterocycles. The van der Waals surface area contributed by atoms with Crippen LogP contribution in [-0.2, 0) is 0 Å². The molecule has 0 unspecified atom stereocenters. The summed E-state index contributed by atoms with van der Waals surface area (Å²) in [6.45, 7) is 0. The molecule has 0 fully saturated rings. The zero-order chi connectivity index (χ0) is 12.3. The topological polar surface area (TPSA) is 56.0 Å². The summed E-state index contributed by atoms with van der Waals surface area (Å²) in [7, 11) is 0. The van der Waals surface area contributed by atoms with Crippen molar-refractivity contribution >= 4 is 33.6 Å². The minimum absolute atomic E-state index is 0.426. The quantitative estimate of drug-likeness (QED) is 0.948. The third kappa shape index (κ3) is 3.08. The standard InChI is InChI=1S/C12H9BrN2OS/c13-8-5-6-11(15-7-8)17-10-4-2-1-3-9(10)12(14)16/h1-7H,(H2,14,16). The lowest BCUT2D eigenvalue weighted by Gasteiger charge is -2.05. The summed E-state index contributed by atoms with van der Waals surface area (Å²) in [4.78, 5) is 16.3. The first-order chi connectivity index (χ1) is 8.16. The first-order valence-electron chi connectivity index (χ1n) is 4.85. The molecule has 17 heavy (non-hydrogen) atoms. The molecule has 0 saturated heterocycles. The molecule has 0 radical (unpaired) electrons. The van der Waals surface area contributed by atoms with E-state index in [1.165, 1.54) is 11.8 Å². The van der Waals surface area contributed by atoms with Crippen molar-refractivity contribution in [2.75, 3.05) is 0 Å². The van der Waals surface area contributed by atoms with Gasteiger partial charge < -0.3 is 5.73 Å². The van der Waals surface area contributed by atoms with Crippen molar-refractivity contribution in [2.24, 2.45) is 5.73 Å². The van der Waals surface area contributed by atoms with Crippen LogP contribution in [0.2, 0.25) is 0 Å². The maximum atomic E-state index is 11.2. The van der Waals surface area contributed by atoms with Crippen LogP contribution in [0.5, 0.6) is 0 Å². The Hall–Kier alpha value is -1.33. The van der Waals surface area contributed by atoms with Gasteiger partial charge in [0.25, 0.3) is 0 Å². The largest absolute Gasteiger partial charge is 0.366 e. The molecule has 0 atom stereocenters. The average Bonchev–Trinajstić information content (AvgIpc) is 2.32. The molecule has 2 aromatic rings. The van der Waals surface area contributed by atoms with Gasteiger partial charge in [-0.25, -0.2) is 4.98 Å². The normalized spacial score (nSPS) is 10.2. The van der Waals surface area contributed by atoms with Crippen LogP contribution in [0.25, 0.3) is 0 Å². The van der Waals surface area contributed by atoms with E-state index in [4.69, 9.17) is 5.73 Å². The smallest absolute Gasteiger partial charge is 0.249 e. The number of amides is 1. The van der Waals surface area contributed by atoms with Crippen LogP contribution in [-0.4, -0.2) is 10.9 Å². The van der Waals surface area contributed by atoms with E-state index >= 15 is 0 Å². The number of primary amides is 1. The minimum atomic E-state index is -0.426. The third-order valence-electron chi connectivity index (χ3n) is 2.07. The van der Waals surface area contributed by atoms with Crippen LogP contribution in [0.15, 0.2) is 57.0 Å². The summed E-state index contributed by atoms with van der Waals surface area (Å²) in [6, 6.07) is 11.0. The van der Waals surface area contributed by atoms with Gasteiger partial charge in [-0.15, -0.1) is 0 Å². The van der Waals surface area contributed by atoms with E-state index in [-0.39, 0.29) is 0 Å². The second kappa shape index (κ2) is 5.33. The number of aromatic nitrogens is 1. The second-order valence-corrected chi connectivity index (χ2v) is 5.26. The number of nitrogens with two attached hydrogens (primary N) is 1. The Morgan fingerprint density at radius 3 is 2.65 bits per heavy atom. The summed E-state index contributed by atoms with van der Waals surface area (Å²) >= 11 is 4.74. The first-order valence-corrected chi connectivity index (χ1v) is 6.46. The zero-order valence-electron chi connectivity index (χ0n) is 8.76. The highest BCUT2D eigenvalue weighted by Gasteiger charge is 2.08. The van der Waals surface area contributed by atoms with Crippen LogP contribution in [0.3, 0.4) is 0 Å². The molecule has 0 aliphatic rings. The van der Waals surface area contributed by atoms with Gasteiger partial charge in [0.2, 0.25) is 5.91 Å². The molecule has 0 aliphatic carbocycles. The molecule has 2 N–H and O–H groups in total. The zero-order valence-corrected chi connectivity index (χ0v) is 11.2. The summed E-state index contributed by atoms with van der Waals surface area (Å²) in [5.74, 6) is -0.426. The van der Waals surface area contributed by atoms with Gasteiger partial charge in [0, 0.05) is 15.6 Å². The SMILES string of the molecule is NC(=O)c1ccccc1Sc1ccc(Br)cn1. The van der Waals surface area contributed by atoms with E-state index in [1.807, 2.05) is 24.3 Å². The molecule has 0 saturated carbocycles. The number of hydrogen-bond acceptors (Lipinski definition) is 3. The monoisotopic (exact) mass is 308 g/mol. The lowest BCUT2D eigenvalue weighted by molar-refractivity contribution is 0.0997. The molecule has 2 rings (SSSR count). The van der Waals surface area contributed by atoms with Crippen molar-refractivity contribution in [1.29, 1.82) is 0 Å². The van der Waals surface area contributed by atoms with Crippen molar-refractivity contribution in [3.8, 4) is 0 Å². The Balaban J connectivity index is 2.30. The molecule has 1 aromatic heterocycles. The van der Waals surface area contributed by atoms with E-state index in [9.17, 15) is 4.79 Å². The first kappa shape index (κ1) is 12.1. The van der Waals surface area contributed by atoms with Crippen molar-refractivity contribution < 1.29 is 4.79 Å². The van der Waals surface area contributed by atoms with Crippen LogP contribution < -0.4 is 5.73 Å². The van der Waals surface area contributed by atoms with Crippen LogP contribution in [0, 0.1) is 0 Å². The fourth-order valence-corrected chi connectivity index (χ4v) is 2.42. The molecule has 1 aromatic carbocycles. The highest BCUT2D eigenvalue weighted by Crippen LogP contribution is 2.29. The van der Waals surface area contributed by atoms with Gasteiger partial charge in [-0.3, -0.25) is 4.79 Å². The number of benzene rings is 1. The molecular formula is C12H9BrN2OS. The van der Waals surface area contributed by atoms with Crippen LogP contribution in [0.1, 0.15) is 10.4 Å². The molecular weight excluding hydrogens is 300 g/mol. The Bertz CT molecular complexity index is 542. The maximum Gasteiger partial charge on any atom is 0.249 e. The summed E-state index contributed by atoms with van der Waals surface area (Å²) in [6.07, 6.45) is 1.72. The molecule has 0 bridgehead atoms. The Labute approximate surface area is 112 Å². The van der Waals surface area contributed by atoms with E-state index < -0.39 is 5.91 Å². The van der Waals surface area contributed by atoms with Crippen molar-refractivity contribution in [1.82, 2.24) is 4.98 Å². The van der Waals surface area contributed by atoms with Crippen molar-refractivity contribution in [3.63, 3.8) is 0 Å². The third-order valence-corrected chi connectivity index (χ3v) is 3.56. The van der Waals surface area contributed by atoms with Gasteiger partial charge >= 0.3 is 0 Å². The minimum Gasteiger partial charge on any atom is -0.366 e. The van der Waals surface area contributed by atoms with Gasteiger partial charge in [-0.2, -0.15) is 0 Å². The fourth-order valence-electron chi connectivity index (χ4n) is 1.29. The van der Waals surface area contributed by atoms with E-state index in [0.717, 1.165) is 14.4 Å². The molecule has 0 spiro atoms. The van der Waals surface area contributed by atoms with Gasteiger partial charge in [0.05, 0.1) is 5.56 Å². The number of pyridine rings is 1. The van der Waals surface area contributed by atoms with Crippen LogP contribution in [0.4, 0.5) is 0 Å². The Morgan fingerprint density at radius 2 is 2.00 bits per heavy atom. The van der Waals surface area contributed by atoms with E-state index in [1.54, 1.807) is 18.3 Å². The van der Waals surface area contributed by atoms with Crippen LogP contribution >= 0.6 is 27.7 Å². The molecule has 86 valence electrons. The fraction of sp³-hybridized carbons (Fsp3) is 0. The molecule has 3 nitrogen and oxygen atoms in total. The predicted molar refractivity (Wildman–Crippen MR) is 71.0 cm³/mol. The molecule has 5 heteroatoms. The number of carbonyl (C=O) groups is 1. The lowest BCUT2D eigenvalue weighted by atomic mass is 10.2. The lowest BCUT2D eigenvalue weighted by Crippen LogP contribution is -2.11. The Kier molecular flexibility index (Phi) is 3.81. The summed E-state index contributed by atoms with van der Waals surface area (Å²) < 4.78 is 0.921. The highest BCUT2D eigenvalue weighted by molar-refractivity contribution is 9.10. The molecule has 1 amide bonds. The average molecular weight is 309 g/mol. The van der Waals surface area contributed by atoms with E-state index in [2.05, 4.69) is 20.9 Å². The number of rotatable bonds is 3. The number of carbonyl (C=O) groups excluding carboxylic acids is 1. The summed E-state index contributed by atoms with van der Waals surface area (Å²) in [5.41, 5.74) is 5.83. The summed E-state index contributed by atoms with van der Waals surface area (Å²) in [5, 5.41) is 0.821. The number of halogens is 1. The predicted octanol–water partition coefficient (Wildman–Crippen LogP) is 3.09. The van der Waals surface area contributed by atoms with Crippen molar-refractivity contribution in [3.05, 3.63) is 52.6 Å². The van der Waals surface area contributed by atoms with Gasteiger partial charge in [-0.1, -0.05) is 23.9 Å². The Morgan fingerprint density at radius 1 is 1.24 bits per heavy atom.